The van der Waals surface area contributed by atoms with E-state index in [-0.39, 0.29) is 6.79 Å². The first-order chi connectivity index (χ1) is 16.3. The van der Waals surface area contributed by atoms with Crippen LogP contribution in [0.4, 0.5) is 15.3 Å². The minimum absolute atomic E-state index is 0.0659. The molecule has 1 saturated heterocycles. The zero-order valence-corrected chi connectivity index (χ0v) is 18.0. The molecular weight excluding hydrogens is 448 g/mol. The van der Waals surface area contributed by atoms with Crippen LogP contribution in [0.25, 0.3) is 0 Å². The number of nitrogens with zero attached hydrogens (tertiary/aromatic N) is 1. The Morgan fingerprint density at radius 1 is 0.971 bits per heavy atom. The summed E-state index contributed by atoms with van der Waals surface area (Å²) in [5.74, 6) is 0.527. The normalized spacial score (nSPS) is 20.1. The maximum Gasteiger partial charge on any atom is 0.325 e. The predicted octanol–water partition coefficient (Wildman–Crippen LogP) is 1.30. The minimum atomic E-state index is -1.41. The largest absolute Gasteiger partial charge is 0.486 e. The van der Waals surface area contributed by atoms with E-state index in [4.69, 9.17) is 18.9 Å². The molecule has 0 spiro atoms. The third-order valence-corrected chi connectivity index (χ3v) is 5.58. The number of carbonyl (C=O) groups excluding carboxylic acids is 4. The lowest BCUT2D eigenvalue weighted by molar-refractivity contribution is -0.134. The van der Waals surface area contributed by atoms with Crippen molar-refractivity contribution in [1.82, 2.24) is 15.5 Å². The Labute approximate surface area is 193 Å². The number of urea groups is 2. The van der Waals surface area contributed by atoms with E-state index in [2.05, 4.69) is 16.0 Å². The number of amides is 6. The van der Waals surface area contributed by atoms with Gasteiger partial charge >= 0.3 is 12.1 Å². The molecule has 12 nitrogen and oxygen atoms in total. The minimum Gasteiger partial charge on any atom is -0.486 e. The Bertz CT molecular complexity index is 1220. The third-order valence-electron chi connectivity index (χ3n) is 5.58. The van der Waals surface area contributed by atoms with Crippen LogP contribution in [0.3, 0.4) is 0 Å². The highest BCUT2D eigenvalue weighted by molar-refractivity contribution is 6.10. The summed E-state index contributed by atoms with van der Waals surface area (Å²) >= 11 is 0. The Kier molecular flexibility index (Phi) is 5.11. The van der Waals surface area contributed by atoms with Crippen molar-refractivity contribution < 1.29 is 38.1 Å². The van der Waals surface area contributed by atoms with Crippen LogP contribution >= 0.6 is 0 Å². The summed E-state index contributed by atoms with van der Waals surface area (Å²) in [6.07, 6.45) is 0. The summed E-state index contributed by atoms with van der Waals surface area (Å²) in [5, 5.41) is 7.21. The maximum absolute atomic E-state index is 13.1. The molecule has 0 unspecified atom stereocenters. The second-order valence-corrected chi connectivity index (χ2v) is 7.88. The molecule has 12 heteroatoms. The average Bonchev–Trinajstić information content (AvgIpc) is 3.37. The zero-order valence-electron chi connectivity index (χ0n) is 18.0. The quantitative estimate of drug-likeness (QED) is 0.570. The summed E-state index contributed by atoms with van der Waals surface area (Å²) in [7, 11) is 0. The fourth-order valence-corrected chi connectivity index (χ4v) is 3.84. The van der Waals surface area contributed by atoms with Gasteiger partial charge in [-0.3, -0.25) is 19.8 Å². The number of carbonyl (C=O) groups is 4. The highest BCUT2D eigenvalue weighted by Gasteiger charge is 2.50. The standard InChI is InChI=1S/C22H20N4O8/c1-22(12-2-4-15-16(8-12)34-11-33-15)19(28)26(21(30)25-22)10-18(27)24-20(29)23-13-3-5-14-17(9-13)32-7-6-31-14/h2-5,8-9H,6-7,10-11H2,1H3,(H,25,30)(H2,23,24,27,29)/t22-/m0/s1. The van der Waals surface area contributed by atoms with Gasteiger partial charge in [-0.15, -0.1) is 0 Å². The van der Waals surface area contributed by atoms with E-state index in [9.17, 15) is 19.2 Å². The van der Waals surface area contributed by atoms with Crippen molar-refractivity contribution in [2.75, 3.05) is 31.9 Å². The van der Waals surface area contributed by atoms with Crippen molar-refractivity contribution in [3.63, 3.8) is 0 Å². The highest BCUT2D eigenvalue weighted by atomic mass is 16.7. The Morgan fingerprint density at radius 2 is 1.65 bits per heavy atom. The topological polar surface area (TPSA) is 145 Å². The van der Waals surface area contributed by atoms with Crippen LogP contribution in [-0.2, 0) is 15.1 Å². The number of imide groups is 2. The molecule has 0 radical (unpaired) electrons. The molecule has 2 aromatic rings. The number of hydrogen-bond donors (Lipinski definition) is 3. The average molecular weight is 468 g/mol. The number of anilines is 1. The summed E-state index contributed by atoms with van der Waals surface area (Å²) in [6, 6.07) is 8.08. The van der Waals surface area contributed by atoms with E-state index in [1.165, 1.54) is 6.92 Å². The number of benzene rings is 2. The molecule has 0 bridgehead atoms. The molecule has 0 saturated carbocycles. The van der Waals surface area contributed by atoms with Gasteiger partial charge in [-0.2, -0.15) is 0 Å². The van der Waals surface area contributed by atoms with Crippen molar-refractivity contribution >= 4 is 29.6 Å². The fourth-order valence-electron chi connectivity index (χ4n) is 3.84. The molecule has 34 heavy (non-hydrogen) atoms. The SMILES string of the molecule is C[C@@]1(c2ccc3c(c2)OCO3)NC(=O)N(CC(=O)NC(=O)Nc2ccc3c(c2)OCCO3)C1=O. The maximum atomic E-state index is 13.1. The van der Waals surface area contributed by atoms with Crippen LogP contribution in [0.15, 0.2) is 36.4 Å². The summed E-state index contributed by atoms with van der Waals surface area (Å²) < 4.78 is 21.5. The second-order valence-electron chi connectivity index (χ2n) is 7.88. The van der Waals surface area contributed by atoms with Gasteiger partial charge < -0.3 is 29.6 Å². The van der Waals surface area contributed by atoms with Crippen molar-refractivity contribution in [3.8, 4) is 23.0 Å². The first-order valence-electron chi connectivity index (χ1n) is 10.4. The van der Waals surface area contributed by atoms with Crippen LogP contribution < -0.4 is 34.9 Å². The highest BCUT2D eigenvalue weighted by Crippen LogP contribution is 2.38. The molecule has 1 atom stereocenters. The predicted molar refractivity (Wildman–Crippen MR) is 115 cm³/mol. The van der Waals surface area contributed by atoms with Crippen molar-refractivity contribution in [3.05, 3.63) is 42.0 Å². The number of fused-ring (bicyclic) bond motifs is 2. The Hall–Kier alpha value is -4.48. The first kappa shape index (κ1) is 21.4. The number of ether oxygens (including phenoxy) is 4. The Morgan fingerprint density at radius 3 is 2.47 bits per heavy atom. The summed E-state index contributed by atoms with van der Waals surface area (Å²) in [4.78, 5) is 50.9. The molecule has 0 aliphatic carbocycles. The van der Waals surface area contributed by atoms with Gasteiger partial charge in [-0.1, -0.05) is 6.07 Å². The molecule has 176 valence electrons. The molecule has 0 aromatic heterocycles. The van der Waals surface area contributed by atoms with Gasteiger partial charge in [-0.25, -0.2) is 9.59 Å². The zero-order chi connectivity index (χ0) is 23.9. The van der Waals surface area contributed by atoms with Crippen LogP contribution in [0.5, 0.6) is 23.0 Å². The molecule has 1 fully saturated rings. The van der Waals surface area contributed by atoms with Crippen molar-refractivity contribution in [1.29, 1.82) is 0 Å². The molecule has 3 N–H and O–H groups in total. The fraction of sp³-hybridized carbons (Fsp3) is 0.273. The number of hydrogen-bond acceptors (Lipinski definition) is 8. The van der Waals surface area contributed by atoms with Crippen molar-refractivity contribution in [2.45, 2.75) is 12.5 Å². The smallest absolute Gasteiger partial charge is 0.325 e. The molecular formula is C22H20N4O8. The molecule has 5 rings (SSSR count). The van der Waals surface area contributed by atoms with Gasteiger partial charge in [0.05, 0.1) is 0 Å². The van der Waals surface area contributed by atoms with E-state index in [1.807, 2.05) is 0 Å². The van der Waals surface area contributed by atoms with Crippen LogP contribution in [0.1, 0.15) is 12.5 Å². The van der Waals surface area contributed by atoms with Gasteiger partial charge in [0, 0.05) is 11.8 Å². The lowest BCUT2D eigenvalue weighted by Crippen LogP contribution is -2.45. The number of nitrogens with one attached hydrogen (secondary N) is 3. The second kappa shape index (κ2) is 8.14. The van der Waals surface area contributed by atoms with E-state index >= 15 is 0 Å². The monoisotopic (exact) mass is 468 g/mol. The van der Waals surface area contributed by atoms with Gasteiger partial charge in [-0.05, 0) is 36.8 Å². The first-order valence-corrected chi connectivity index (χ1v) is 10.4. The third kappa shape index (κ3) is 3.78. The number of rotatable bonds is 4. The van der Waals surface area contributed by atoms with Gasteiger partial charge in [0.2, 0.25) is 12.7 Å². The van der Waals surface area contributed by atoms with Gasteiger partial charge in [0.1, 0.15) is 25.3 Å². The van der Waals surface area contributed by atoms with Crippen LogP contribution in [0, 0.1) is 0 Å². The summed E-state index contributed by atoms with van der Waals surface area (Å²) in [5.41, 5.74) is -0.569. The lowest BCUT2D eigenvalue weighted by atomic mass is 9.91. The van der Waals surface area contributed by atoms with Crippen molar-refractivity contribution in [2.24, 2.45) is 0 Å². The van der Waals surface area contributed by atoms with E-state index in [0.717, 1.165) is 4.90 Å². The van der Waals surface area contributed by atoms with E-state index in [0.29, 0.717) is 47.5 Å². The molecule has 2 aromatic carbocycles. The molecule has 3 heterocycles. The molecule has 3 aliphatic heterocycles. The van der Waals surface area contributed by atoms with Gasteiger partial charge in [0.25, 0.3) is 5.91 Å². The van der Waals surface area contributed by atoms with Crippen LogP contribution in [0.2, 0.25) is 0 Å². The summed E-state index contributed by atoms with van der Waals surface area (Å²) in [6.45, 7) is 1.77. The van der Waals surface area contributed by atoms with E-state index in [1.54, 1.807) is 36.4 Å². The van der Waals surface area contributed by atoms with Gasteiger partial charge in [0.15, 0.2) is 23.0 Å². The Balaban J connectivity index is 1.22. The molecule has 6 amide bonds. The molecule has 3 aliphatic rings. The lowest BCUT2D eigenvalue weighted by Gasteiger charge is -2.22. The van der Waals surface area contributed by atoms with Crippen LogP contribution in [-0.4, -0.2) is 55.3 Å². The van der Waals surface area contributed by atoms with E-state index < -0.39 is 36.0 Å².